The summed E-state index contributed by atoms with van der Waals surface area (Å²) in [6.07, 6.45) is 1.34. The predicted octanol–water partition coefficient (Wildman–Crippen LogP) is 2.85. The summed E-state index contributed by atoms with van der Waals surface area (Å²) in [7, 11) is 0. The molecule has 0 amide bonds. The average molecular weight is 371 g/mol. The fraction of sp³-hybridized carbons (Fsp3) is 0.368. The molecule has 0 spiro atoms. The van der Waals surface area contributed by atoms with Gasteiger partial charge >= 0.3 is 11.3 Å². The van der Waals surface area contributed by atoms with Crippen molar-refractivity contribution in [3.8, 4) is 0 Å². The lowest BCUT2D eigenvalue weighted by Gasteiger charge is -2.30. The minimum Gasteiger partial charge on any atom is -0.423 e. The van der Waals surface area contributed by atoms with E-state index in [-0.39, 0.29) is 11.4 Å². The Balaban J connectivity index is 1.96. The van der Waals surface area contributed by atoms with Gasteiger partial charge in [-0.25, -0.2) is 9.79 Å². The highest BCUT2D eigenvalue weighted by atomic mass is 16.6. The van der Waals surface area contributed by atoms with Crippen molar-refractivity contribution in [2.75, 3.05) is 26.3 Å². The second-order valence-corrected chi connectivity index (χ2v) is 6.25. The van der Waals surface area contributed by atoms with Crippen LogP contribution in [0.25, 0.3) is 0 Å². The van der Waals surface area contributed by atoms with Crippen molar-refractivity contribution in [3.05, 3.63) is 68.3 Å². The van der Waals surface area contributed by atoms with Crippen molar-refractivity contribution >= 4 is 17.2 Å². The van der Waals surface area contributed by atoms with Gasteiger partial charge in [-0.1, -0.05) is 30.3 Å². The Kier molecular flexibility index (Phi) is 5.97. The van der Waals surface area contributed by atoms with Gasteiger partial charge in [-0.15, -0.1) is 0 Å². The van der Waals surface area contributed by atoms with Crippen molar-refractivity contribution in [2.45, 2.75) is 19.8 Å². The number of aryl methyl sites for hydroxylation is 2. The van der Waals surface area contributed by atoms with Gasteiger partial charge in [0, 0.05) is 25.6 Å². The number of rotatable bonds is 5. The topological polar surface area (TPSA) is 98.2 Å². The van der Waals surface area contributed by atoms with E-state index in [1.807, 2.05) is 30.3 Å². The van der Waals surface area contributed by atoms with Gasteiger partial charge in [-0.05, 0) is 18.9 Å². The molecule has 1 aromatic carbocycles. The van der Waals surface area contributed by atoms with Crippen LogP contribution in [0.1, 0.15) is 17.7 Å². The molecule has 27 heavy (non-hydrogen) atoms. The molecule has 1 aliphatic rings. The molecule has 0 unspecified atom stereocenters. The number of ether oxygens (including phenoxy) is 1. The quantitative estimate of drug-likeness (QED) is 0.347. The van der Waals surface area contributed by atoms with E-state index in [9.17, 15) is 14.9 Å². The van der Waals surface area contributed by atoms with E-state index >= 15 is 0 Å². The molecule has 1 fully saturated rings. The molecule has 8 nitrogen and oxygen atoms in total. The molecular formula is C19H21N3O5. The van der Waals surface area contributed by atoms with Gasteiger partial charge < -0.3 is 14.1 Å². The third-order valence-corrected chi connectivity index (χ3v) is 4.32. The van der Waals surface area contributed by atoms with E-state index in [0.717, 1.165) is 12.0 Å². The molecule has 0 radical (unpaired) electrons. The third kappa shape index (κ3) is 4.79. The van der Waals surface area contributed by atoms with E-state index in [1.165, 1.54) is 6.07 Å². The maximum Gasteiger partial charge on any atom is 0.417 e. The molecule has 0 saturated carbocycles. The van der Waals surface area contributed by atoms with Crippen molar-refractivity contribution in [2.24, 2.45) is 4.99 Å². The first-order valence-corrected chi connectivity index (χ1v) is 8.78. The molecule has 1 aliphatic heterocycles. The zero-order chi connectivity index (χ0) is 19.2. The van der Waals surface area contributed by atoms with Crippen LogP contribution < -0.4 is 5.63 Å². The highest BCUT2D eigenvalue weighted by molar-refractivity contribution is 5.86. The van der Waals surface area contributed by atoms with Gasteiger partial charge in [0.05, 0.1) is 18.1 Å². The summed E-state index contributed by atoms with van der Waals surface area (Å²) in [5.74, 6) is 0.990. The van der Waals surface area contributed by atoms with Crippen LogP contribution in [-0.4, -0.2) is 42.0 Å². The van der Waals surface area contributed by atoms with Gasteiger partial charge in [0.1, 0.15) is 11.6 Å². The lowest BCUT2D eigenvalue weighted by molar-refractivity contribution is -0.386. The average Bonchev–Trinajstić information content (AvgIpc) is 2.65. The largest absolute Gasteiger partial charge is 0.423 e. The summed E-state index contributed by atoms with van der Waals surface area (Å²) >= 11 is 0. The zero-order valence-corrected chi connectivity index (χ0v) is 15.1. The summed E-state index contributed by atoms with van der Waals surface area (Å²) in [5, 5.41) is 11.3. The maximum absolute atomic E-state index is 11.9. The standard InChI is InChI=1S/C19H21N3O5/c1-14-13-16(18(22(24)25)19(23)27-14)20-17(21-9-11-26-12-10-21)8-7-15-5-3-2-4-6-15/h2-6,13H,7-12H2,1H3. The molecule has 0 N–H and O–H groups in total. The van der Waals surface area contributed by atoms with Gasteiger partial charge in [-0.3, -0.25) is 10.1 Å². The lowest BCUT2D eigenvalue weighted by atomic mass is 10.1. The SMILES string of the molecule is Cc1cc(N=C(CCc2ccccc2)N2CCOCC2)c([N+](=O)[O-])c(=O)o1. The van der Waals surface area contributed by atoms with Gasteiger partial charge in [0.25, 0.3) is 0 Å². The van der Waals surface area contributed by atoms with Crippen molar-refractivity contribution in [1.82, 2.24) is 4.90 Å². The number of aliphatic imine (C=N–C) groups is 1. The summed E-state index contributed by atoms with van der Waals surface area (Å²) < 4.78 is 10.3. The third-order valence-electron chi connectivity index (χ3n) is 4.32. The number of benzene rings is 1. The highest BCUT2D eigenvalue weighted by Crippen LogP contribution is 2.26. The Morgan fingerprint density at radius 1 is 1.26 bits per heavy atom. The van der Waals surface area contributed by atoms with Crippen LogP contribution in [0.4, 0.5) is 11.4 Å². The number of amidine groups is 1. The van der Waals surface area contributed by atoms with E-state index in [2.05, 4.69) is 9.89 Å². The Morgan fingerprint density at radius 3 is 2.63 bits per heavy atom. The normalized spacial score (nSPS) is 15.0. The molecular weight excluding hydrogens is 350 g/mol. The molecule has 1 saturated heterocycles. The van der Waals surface area contributed by atoms with Crippen LogP contribution in [0.5, 0.6) is 0 Å². The van der Waals surface area contributed by atoms with Crippen LogP contribution in [0.3, 0.4) is 0 Å². The number of hydrogen-bond donors (Lipinski definition) is 0. The first kappa shape index (κ1) is 18.8. The molecule has 142 valence electrons. The molecule has 2 aromatic rings. The molecule has 0 atom stereocenters. The summed E-state index contributed by atoms with van der Waals surface area (Å²) in [5.41, 5.74) is -0.436. The zero-order valence-electron chi connectivity index (χ0n) is 15.1. The Hall–Kier alpha value is -3.00. The first-order valence-electron chi connectivity index (χ1n) is 8.78. The number of nitro groups is 1. The Morgan fingerprint density at radius 2 is 1.96 bits per heavy atom. The second kappa shape index (κ2) is 8.59. The van der Waals surface area contributed by atoms with Gasteiger partial charge in [0.2, 0.25) is 0 Å². The Bertz CT molecular complexity index is 886. The van der Waals surface area contributed by atoms with Gasteiger partial charge in [-0.2, -0.15) is 0 Å². The molecule has 2 heterocycles. The molecule has 0 bridgehead atoms. The van der Waals surface area contributed by atoms with E-state index in [4.69, 9.17) is 9.15 Å². The highest BCUT2D eigenvalue weighted by Gasteiger charge is 2.24. The first-order chi connectivity index (χ1) is 13.0. The van der Waals surface area contributed by atoms with Crippen LogP contribution >= 0.6 is 0 Å². The summed E-state index contributed by atoms with van der Waals surface area (Å²) in [6.45, 7) is 4.02. The van der Waals surface area contributed by atoms with Crippen molar-refractivity contribution in [1.29, 1.82) is 0 Å². The minimum absolute atomic E-state index is 0.0308. The van der Waals surface area contributed by atoms with Crippen molar-refractivity contribution < 1.29 is 14.1 Å². The summed E-state index contributed by atoms with van der Waals surface area (Å²) in [6, 6.07) is 11.4. The lowest BCUT2D eigenvalue weighted by Crippen LogP contribution is -2.40. The van der Waals surface area contributed by atoms with Crippen LogP contribution in [0, 0.1) is 17.0 Å². The molecule has 3 rings (SSSR count). The fourth-order valence-corrected chi connectivity index (χ4v) is 2.99. The molecule has 1 aromatic heterocycles. The molecule has 0 aliphatic carbocycles. The van der Waals surface area contributed by atoms with Crippen LogP contribution in [-0.2, 0) is 11.2 Å². The maximum atomic E-state index is 11.9. The van der Waals surface area contributed by atoms with Crippen molar-refractivity contribution in [3.63, 3.8) is 0 Å². The monoisotopic (exact) mass is 371 g/mol. The predicted molar refractivity (Wildman–Crippen MR) is 101 cm³/mol. The van der Waals surface area contributed by atoms with E-state index in [0.29, 0.717) is 38.6 Å². The number of nitrogens with zero attached hydrogens (tertiary/aromatic N) is 3. The summed E-state index contributed by atoms with van der Waals surface area (Å²) in [4.78, 5) is 29.1. The van der Waals surface area contributed by atoms with E-state index < -0.39 is 16.2 Å². The van der Waals surface area contributed by atoms with E-state index in [1.54, 1.807) is 6.92 Å². The smallest absolute Gasteiger partial charge is 0.417 e. The van der Waals surface area contributed by atoms with Crippen LogP contribution in [0.15, 0.2) is 50.6 Å². The van der Waals surface area contributed by atoms with Crippen LogP contribution in [0.2, 0.25) is 0 Å². The second-order valence-electron chi connectivity index (χ2n) is 6.25. The number of hydrogen-bond acceptors (Lipinski definition) is 6. The minimum atomic E-state index is -0.983. The molecule has 8 heteroatoms. The Labute approximate surface area is 156 Å². The van der Waals surface area contributed by atoms with Gasteiger partial charge in [0.15, 0.2) is 5.69 Å². The fourth-order valence-electron chi connectivity index (χ4n) is 2.99. The number of morpholine rings is 1.